The molecule has 5 nitrogen and oxygen atoms in total. The Morgan fingerprint density at radius 3 is 2.88 bits per heavy atom. The number of carbonyl (C=O) groups excluding carboxylic acids is 1. The Balaban J connectivity index is 1.89. The van der Waals surface area contributed by atoms with Gasteiger partial charge >= 0.3 is 0 Å². The third-order valence-electron chi connectivity index (χ3n) is 2.83. The topological polar surface area (TPSA) is 59.9 Å². The molecule has 2 aromatic rings. The van der Waals surface area contributed by atoms with E-state index >= 15 is 0 Å². The van der Waals surface area contributed by atoms with Gasteiger partial charge < -0.3 is 9.47 Å². The van der Waals surface area contributed by atoms with E-state index in [1.54, 1.807) is 24.3 Å². The van der Waals surface area contributed by atoms with Crippen molar-refractivity contribution in [2.75, 3.05) is 13.2 Å². The summed E-state index contributed by atoms with van der Waals surface area (Å²) in [7, 11) is 0. The van der Waals surface area contributed by atoms with Crippen LogP contribution >= 0.6 is 27.5 Å². The van der Waals surface area contributed by atoms with E-state index < -0.39 is 0 Å². The third-order valence-corrected chi connectivity index (χ3v) is 3.56. The van der Waals surface area contributed by atoms with Crippen LogP contribution in [0.25, 0.3) is 0 Å². The van der Waals surface area contributed by atoms with Gasteiger partial charge in [0.2, 0.25) is 0 Å². The molecule has 126 valence electrons. The third kappa shape index (κ3) is 5.86. The number of benzene rings is 2. The Kier molecular flexibility index (Phi) is 7.08. The molecule has 0 radical (unpaired) electrons. The Morgan fingerprint density at radius 1 is 1.29 bits per heavy atom. The zero-order valence-electron chi connectivity index (χ0n) is 13.0. The smallest absolute Gasteiger partial charge is 0.277 e. The highest BCUT2D eigenvalue weighted by Crippen LogP contribution is 2.21. The van der Waals surface area contributed by atoms with E-state index in [0.29, 0.717) is 23.1 Å². The number of ether oxygens (including phenoxy) is 2. The van der Waals surface area contributed by atoms with Crippen LogP contribution in [0.1, 0.15) is 12.5 Å². The van der Waals surface area contributed by atoms with Crippen LogP contribution < -0.4 is 14.9 Å². The molecule has 1 amide bonds. The molecule has 2 rings (SSSR count). The lowest BCUT2D eigenvalue weighted by atomic mass is 10.2. The molecule has 0 aromatic heterocycles. The quantitative estimate of drug-likeness (QED) is 0.553. The van der Waals surface area contributed by atoms with E-state index in [4.69, 9.17) is 21.1 Å². The summed E-state index contributed by atoms with van der Waals surface area (Å²) in [6, 6.07) is 12.4. The maximum atomic E-state index is 11.7. The summed E-state index contributed by atoms with van der Waals surface area (Å²) in [5, 5.41) is 4.47. The van der Waals surface area contributed by atoms with Crippen LogP contribution in [0.4, 0.5) is 0 Å². The standard InChI is InChI=1S/C17H16BrClN2O3/c1-2-23-16-7-6-13(18)8-12(16)10-20-21-17(22)11-24-15-5-3-4-14(19)9-15/h3-10H,2,11H2,1H3,(H,21,22). The summed E-state index contributed by atoms with van der Waals surface area (Å²) in [5.41, 5.74) is 3.16. The Morgan fingerprint density at radius 2 is 2.12 bits per heavy atom. The second-order valence-corrected chi connectivity index (χ2v) is 6.01. The predicted molar refractivity (Wildman–Crippen MR) is 98.0 cm³/mol. The molecular weight excluding hydrogens is 396 g/mol. The van der Waals surface area contributed by atoms with Crippen LogP contribution in [0.2, 0.25) is 5.02 Å². The van der Waals surface area contributed by atoms with Gasteiger partial charge in [0.25, 0.3) is 5.91 Å². The number of hydrogen-bond acceptors (Lipinski definition) is 4. The summed E-state index contributed by atoms with van der Waals surface area (Å²) in [4.78, 5) is 11.7. The fraction of sp³-hybridized carbons (Fsp3) is 0.176. The van der Waals surface area contributed by atoms with E-state index in [9.17, 15) is 4.79 Å². The predicted octanol–water partition coefficient (Wildman–Crippen LogP) is 4.03. The van der Waals surface area contributed by atoms with Crippen molar-refractivity contribution in [1.29, 1.82) is 0 Å². The SMILES string of the molecule is CCOc1ccc(Br)cc1C=NNC(=O)COc1cccc(Cl)c1. The molecule has 0 aliphatic rings. The number of hydrazone groups is 1. The van der Waals surface area contributed by atoms with Crippen LogP contribution in [0, 0.1) is 0 Å². The van der Waals surface area contributed by atoms with Gasteiger partial charge in [-0.25, -0.2) is 5.43 Å². The lowest BCUT2D eigenvalue weighted by molar-refractivity contribution is -0.123. The highest BCUT2D eigenvalue weighted by atomic mass is 79.9. The van der Waals surface area contributed by atoms with E-state index in [1.807, 2.05) is 25.1 Å². The van der Waals surface area contributed by atoms with Gasteiger partial charge in [-0.15, -0.1) is 0 Å². The summed E-state index contributed by atoms with van der Waals surface area (Å²) in [6.45, 7) is 2.29. The molecule has 0 bridgehead atoms. The minimum Gasteiger partial charge on any atom is -0.493 e. The first-order chi connectivity index (χ1) is 11.6. The first kappa shape index (κ1) is 18.3. The summed E-state index contributed by atoms with van der Waals surface area (Å²) in [5.74, 6) is 0.834. The maximum Gasteiger partial charge on any atom is 0.277 e. The minimum absolute atomic E-state index is 0.158. The van der Waals surface area contributed by atoms with E-state index in [2.05, 4.69) is 26.5 Å². The maximum absolute atomic E-state index is 11.7. The molecule has 24 heavy (non-hydrogen) atoms. The number of halogens is 2. The fourth-order valence-electron chi connectivity index (χ4n) is 1.82. The Labute approximate surface area is 153 Å². The molecule has 7 heteroatoms. The van der Waals surface area contributed by atoms with E-state index in [0.717, 1.165) is 10.0 Å². The minimum atomic E-state index is -0.376. The van der Waals surface area contributed by atoms with Crippen molar-refractivity contribution in [2.24, 2.45) is 5.10 Å². The second-order valence-electron chi connectivity index (χ2n) is 4.65. The molecule has 0 atom stereocenters. The average molecular weight is 412 g/mol. The van der Waals surface area contributed by atoms with Gasteiger partial charge in [0.05, 0.1) is 12.8 Å². The molecule has 0 heterocycles. The van der Waals surface area contributed by atoms with Crippen LogP contribution in [0.5, 0.6) is 11.5 Å². The largest absolute Gasteiger partial charge is 0.493 e. The van der Waals surface area contributed by atoms with Crippen molar-refractivity contribution < 1.29 is 14.3 Å². The molecule has 2 aromatic carbocycles. The van der Waals surface area contributed by atoms with Gasteiger partial charge in [-0.3, -0.25) is 4.79 Å². The Hall–Kier alpha value is -2.05. The summed E-state index contributed by atoms with van der Waals surface area (Å²) < 4.78 is 11.7. The van der Waals surface area contributed by atoms with Gasteiger partial charge in [-0.05, 0) is 43.3 Å². The first-order valence-corrected chi connectivity index (χ1v) is 8.38. The summed E-state index contributed by atoms with van der Waals surface area (Å²) in [6.07, 6.45) is 1.52. The fourth-order valence-corrected chi connectivity index (χ4v) is 2.38. The molecule has 0 fully saturated rings. The van der Waals surface area contributed by atoms with E-state index in [1.165, 1.54) is 6.21 Å². The lowest BCUT2D eigenvalue weighted by Gasteiger charge is -2.07. The van der Waals surface area contributed by atoms with Crippen LogP contribution in [0.3, 0.4) is 0 Å². The van der Waals surface area contributed by atoms with Crippen molar-refractivity contribution in [3.8, 4) is 11.5 Å². The second kappa shape index (κ2) is 9.30. The molecule has 0 aliphatic carbocycles. The molecule has 0 saturated heterocycles. The molecular formula is C17H16BrClN2O3. The van der Waals surface area contributed by atoms with Gasteiger partial charge in [-0.1, -0.05) is 33.6 Å². The van der Waals surface area contributed by atoms with Gasteiger partial charge in [0.15, 0.2) is 6.61 Å². The van der Waals surface area contributed by atoms with Gasteiger partial charge in [0.1, 0.15) is 11.5 Å². The highest BCUT2D eigenvalue weighted by molar-refractivity contribution is 9.10. The monoisotopic (exact) mass is 410 g/mol. The molecule has 0 unspecified atom stereocenters. The number of hydrogen-bond donors (Lipinski definition) is 1. The zero-order chi connectivity index (χ0) is 17.4. The van der Waals surface area contributed by atoms with Crippen molar-refractivity contribution in [2.45, 2.75) is 6.92 Å². The lowest BCUT2D eigenvalue weighted by Crippen LogP contribution is -2.24. The summed E-state index contributed by atoms with van der Waals surface area (Å²) >= 11 is 9.23. The van der Waals surface area contributed by atoms with Crippen molar-refractivity contribution >= 4 is 39.7 Å². The number of carbonyl (C=O) groups is 1. The van der Waals surface area contributed by atoms with E-state index in [-0.39, 0.29) is 12.5 Å². The normalized spacial score (nSPS) is 10.6. The molecule has 0 spiro atoms. The van der Waals surface area contributed by atoms with Crippen molar-refractivity contribution in [3.63, 3.8) is 0 Å². The molecule has 0 aliphatic heterocycles. The Bertz CT molecular complexity index is 738. The number of nitrogens with one attached hydrogen (secondary N) is 1. The van der Waals surface area contributed by atoms with Crippen LogP contribution in [-0.4, -0.2) is 25.3 Å². The number of rotatable bonds is 7. The first-order valence-electron chi connectivity index (χ1n) is 7.21. The van der Waals surface area contributed by atoms with Crippen LogP contribution in [0.15, 0.2) is 52.0 Å². The number of amides is 1. The number of nitrogens with zero attached hydrogens (tertiary/aromatic N) is 1. The molecule has 0 saturated carbocycles. The highest BCUT2D eigenvalue weighted by Gasteiger charge is 2.04. The van der Waals surface area contributed by atoms with Crippen LogP contribution in [-0.2, 0) is 4.79 Å². The van der Waals surface area contributed by atoms with Gasteiger partial charge in [-0.2, -0.15) is 5.10 Å². The zero-order valence-corrected chi connectivity index (χ0v) is 15.3. The van der Waals surface area contributed by atoms with Gasteiger partial charge in [0, 0.05) is 15.1 Å². The molecule has 1 N–H and O–H groups in total. The van der Waals surface area contributed by atoms with Crippen molar-refractivity contribution in [3.05, 3.63) is 57.5 Å². The average Bonchev–Trinajstić information content (AvgIpc) is 2.55. The van der Waals surface area contributed by atoms with Crippen molar-refractivity contribution in [1.82, 2.24) is 5.43 Å².